The molecule has 0 amide bonds. The van der Waals surface area contributed by atoms with E-state index in [9.17, 15) is 5.11 Å². The second-order valence-corrected chi connectivity index (χ2v) is 6.96. The molecule has 2 heterocycles. The highest BCUT2D eigenvalue weighted by Crippen LogP contribution is 2.37. The SMILES string of the molecule is CCC(c1cc(Br)ccc1O)N1C[C@@H]2CCCN[C@@H]2C1. The van der Waals surface area contributed by atoms with Crippen molar-refractivity contribution in [2.45, 2.75) is 38.3 Å². The first kappa shape index (κ1) is 14.4. The van der Waals surface area contributed by atoms with Crippen molar-refractivity contribution in [2.75, 3.05) is 19.6 Å². The van der Waals surface area contributed by atoms with Crippen molar-refractivity contribution in [3.05, 3.63) is 28.2 Å². The van der Waals surface area contributed by atoms with Gasteiger partial charge in [-0.25, -0.2) is 0 Å². The summed E-state index contributed by atoms with van der Waals surface area (Å²) in [5.41, 5.74) is 1.06. The number of piperidine rings is 1. The zero-order valence-electron chi connectivity index (χ0n) is 12.0. The van der Waals surface area contributed by atoms with Crippen LogP contribution in [0.2, 0.25) is 0 Å². The fraction of sp³-hybridized carbons (Fsp3) is 0.625. The molecule has 3 nitrogen and oxygen atoms in total. The minimum absolute atomic E-state index is 0.319. The molecule has 1 aromatic rings. The molecular formula is C16H23BrN2O. The van der Waals surface area contributed by atoms with Crippen LogP contribution in [-0.4, -0.2) is 35.7 Å². The second kappa shape index (κ2) is 6.04. The fourth-order valence-electron chi connectivity index (χ4n) is 3.80. The van der Waals surface area contributed by atoms with Crippen molar-refractivity contribution >= 4 is 15.9 Å². The molecule has 4 heteroatoms. The summed E-state index contributed by atoms with van der Waals surface area (Å²) >= 11 is 3.52. The quantitative estimate of drug-likeness (QED) is 0.887. The van der Waals surface area contributed by atoms with Gasteiger partial charge in [-0.1, -0.05) is 22.9 Å². The number of likely N-dealkylation sites (tertiary alicyclic amines) is 1. The van der Waals surface area contributed by atoms with E-state index in [-0.39, 0.29) is 0 Å². The molecule has 3 atom stereocenters. The molecule has 2 N–H and O–H groups in total. The van der Waals surface area contributed by atoms with Crippen molar-refractivity contribution in [3.63, 3.8) is 0 Å². The molecule has 0 saturated carbocycles. The van der Waals surface area contributed by atoms with Crippen LogP contribution in [0.4, 0.5) is 0 Å². The lowest BCUT2D eigenvalue weighted by molar-refractivity contribution is 0.224. The van der Waals surface area contributed by atoms with Crippen LogP contribution in [0.5, 0.6) is 5.75 Å². The standard InChI is InChI=1S/C16H23BrN2O/c1-2-15(13-8-12(17)5-6-16(13)20)19-9-11-4-3-7-18-14(11)10-19/h5-6,8,11,14-15,18,20H,2-4,7,9-10H2,1H3/t11-,14+,15?/m0/s1. The van der Waals surface area contributed by atoms with Crippen LogP contribution in [0.15, 0.2) is 22.7 Å². The minimum Gasteiger partial charge on any atom is -0.508 e. The van der Waals surface area contributed by atoms with Crippen molar-refractivity contribution in [1.29, 1.82) is 0 Å². The monoisotopic (exact) mass is 338 g/mol. The van der Waals surface area contributed by atoms with E-state index >= 15 is 0 Å². The van der Waals surface area contributed by atoms with Crippen molar-refractivity contribution in [2.24, 2.45) is 5.92 Å². The normalized spacial score (nSPS) is 28.3. The molecule has 2 fully saturated rings. The Morgan fingerprint density at radius 3 is 3.05 bits per heavy atom. The number of hydrogen-bond acceptors (Lipinski definition) is 3. The number of nitrogens with zero attached hydrogens (tertiary/aromatic N) is 1. The average Bonchev–Trinajstić information content (AvgIpc) is 2.87. The first-order valence-corrected chi connectivity index (χ1v) is 8.44. The first-order chi connectivity index (χ1) is 9.69. The molecule has 0 aliphatic carbocycles. The Labute approximate surface area is 129 Å². The number of phenolic OH excluding ortho intramolecular Hbond substituents is 1. The predicted molar refractivity (Wildman–Crippen MR) is 84.9 cm³/mol. The molecule has 110 valence electrons. The number of halogens is 1. The third kappa shape index (κ3) is 2.74. The summed E-state index contributed by atoms with van der Waals surface area (Å²) in [6.07, 6.45) is 3.67. The number of hydrogen-bond donors (Lipinski definition) is 2. The van der Waals surface area contributed by atoms with E-state index in [1.807, 2.05) is 6.07 Å². The number of nitrogens with one attached hydrogen (secondary N) is 1. The summed E-state index contributed by atoms with van der Waals surface area (Å²) < 4.78 is 1.04. The van der Waals surface area contributed by atoms with Gasteiger partial charge in [0.25, 0.3) is 0 Å². The van der Waals surface area contributed by atoms with Gasteiger partial charge in [-0.05, 0) is 49.9 Å². The summed E-state index contributed by atoms with van der Waals surface area (Å²) in [5.74, 6) is 1.20. The van der Waals surface area contributed by atoms with Crippen molar-refractivity contribution < 1.29 is 5.11 Å². The molecular weight excluding hydrogens is 316 g/mol. The van der Waals surface area contributed by atoms with E-state index in [0.717, 1.165) is 42.0 Å². The Bertz CT molecular complexity index is 466. The second-order valence-electron chi connectivity index (χ2n) is 6.04. The molecule has 0 bridgehead atoms. The van der Waals surface area contributed by atoms with Crippen LogP contribution in [0.3, 0.4) is 0 Å². The summed E-state index contributed by atoms with van der Waals surface area (Å²) in [4.78, 5) is 2.55. The number of aromatic hydroxyl groups is 1. The van der Waals surface area contributed by atoms with Gasteiger partial charge in [-0.15, -0.1) is 0 Å². The van der Waals surface area contributed by atoms with Crippen molar-refractivity contribution in [3.8, 4) is 5.75 Å². The zero-order chi connectivity index (χ0) is 14.1. The fourth-order valence-corrected chi connectivity index (χ4v) is 4.18. The highest BCUT2D eigenvalue weighted by molar-refractivity contribution is 9.10. The van der Waals surface area contributed by atoms with Crippen LogP contribution in [-0.2, 0) is 0 Å². The van der Waals surface area contributed by atoms with Gasteiger partial charge in [0.1, 0.15) is 5.75 Å². The Hall–Kier alpha value is -0.580. The first-order valence-electron chi connectivity index (χ1n) is 7.65. The molecule has 1 unspecified atom stereocenters. The third-order valence-electron chi connectivity index (χ3n) is 4.80. The number of rotatable bonds is 3. The molecule has 2 saturated heterocycles. The highest BCUT2D eigenvalue weighted by atomic mass is 79.9. The van der Waals surface area contributed by atoms with Crippen LogP contribution >= 0.6 is 15.9 Å². The predicted octanol–water partition coefficient (Wildman–Crippen LogP) is 3.29. The largest absolute Gasteiger partial charge is 0.508 e. The van der Waals surface area contributed by atoms with Gasteiger partial charge in [0, 0.05) is 35.2 Å². The third-order valence-corrected chi connectivity index (χ3v) is 5.30. The van der Waals surface area contributed by atoms with E-state index in [1.54, 1.807) is 6.07 Å². The molecule has 3 rings (SSSR count). The lowest BCUT2D eigenvalue weighted by Crippen LogP contribution is -2.40. The molecule has 0 spiro atoms. The van der Waals surface area contributed by atoms with Crippen molar-refractivity contribution in [1.82, 2.24) is 10.2 Å². The smallest absolute Gasteiger partial charge is 0.120 e. The molecule has 2 aliphatic rings. The van der Waals surface area contributed by atoms with Gasteiger partial charge in [0.15, 0.2) is 0 Å². The highest BCUT2D eigenvalue weighted by Gasteiger charge is 2.37. The summed E-state index contributed by atoms with van der Waals surface area (Å²) in [5, 5.41) is 13.8. The maximum Gasteiger partial charge on any atom is 0.120 e. The number of fused-ring (bicyclic) bond motifs is 1. The Morgan fingerprint density at radius 2 is 2.30 bits per heavy atom. The van der Waals surface area contributed by atoms with Gasteiger partial charge in [-0.3, -0.25) is 4.90 Å². The molecule has 2 aliphatic heterocycles. The maximum atomic E-state index is 10.2. The van der Waals surface area contributed by atoms with Gasteiger partial charge in [-0.2, -0.15) is 0 Å². The summed E-state index contributed by atoms with van der Waals surface area (Å²) in [6.45, 7) is 5.63. The molecule has 0 aromatic heterocycles. The van der Waals surface area contributed by atoms with Crippen LogP contribution in [0, 0.1) is 5.92 Å². The van der Waals surface area contributed by atoms with E-state index in [1.165, 1.54) is 12.8 Å². The van der Waals surface area contributed by atoms with Gasteiger partial charge in [0.05, 0.1) is 0 Å². The molecule has 20 heavy (non-hydrogen) atoms. The Kier molecular flexibility index (Phi) is 4.34. The topological polar surface area (TPSA) is 35.5 Å². The maximum absolute atomic E-state index is 10.2. The molecule has 1 aromatic carbocycles. The molecule has 0 radical (unpaired) electrons. The summed E-state index contributed by atoms with van der Waals surface area (Å²) in [6, 6.07) is 6.73. The number of benzene rings is 1. The average molecular weight is 339 g/mol. The Morgan fingerprint density at radius 1 is 1.45 bits per heavy atom. The lowest BCUT2D eigenvalue weighted by Gasteiger charge is -2.28. The van der Waals surface area contributed by atoms with Crippen LogP contribution < -0.4 is 5.32 Å². The Balaban J connectivity index is 1.81. The lowest BCUT2D eigenvalue weighted by atomic mass is 9.94. The number of phenols is 1. The minimum atomic E-state index is 0.319. The van der Waals surface area contributed by atoms with E-state index < -0.39 is 0 Å². The van der Waals surface area contributed by atoms with Crippen LogP contribution in [0.1, 0.15) is 37.8 Å². The van der Waals surface area contributed by atoms with Gasteiger partial charge < -0.3 is 10.4 Å². The van der Waals surface area contributed by atoms with Gasteiger partial charge in [0.2, 0.25) is 0 Å². The van der Waals surface area contributed by atoms with E-state index in [2.05, 4.69) is 39.1 Å². The zero-order valence-corrected chi connectivity index (χ0v) is 13.6. The van der Waals surface area contributed by atoms with E-state index in [0.29, 0.717) is 17.8 Å². The van der Waals surface area contributed by atoms with Gasteiger partial charge >= 0.3 is 0 Å². The van der Waals surface area contributed by atoms with E-state index in [4.69, 9.17) is 0 Å². The van der Waals surface area contributed by atoms with Crippen LogP contribution in [0.25, 0.3) is 0 Å². The summed E-state index contributed by atoms with van der Waals surface area (Å²) in [7, 11) is 0.